The summed E-state index contributed by atoms with van der Waals surface area (Å²) in [5.41, 5.74) is -0.592. The van der Waals surface area contributed by atoms with Crippen molar-refractivity contribution in [3.63, 3.8) is 0 Å². The van der Waals surface area contributed by atoms with Gasteiger partial charge in [-0.15, -0.1) is 0 Å². The molecular formula is C13H19F3N2O4. The number of halogens is 3. The predicted molar refractivity (Wildman–Crippen MR) is 69.2 cm³/mol. The molecule has 2 rings (SSSR count). The average molecular weight is 324 g/mol. The van der Waals surface area contributed by atoms with Gasteiger partial charge in [-0.1, -0.05) is 0 Å². The van der Waals surface area contributed by atoms with E-state index in [0.29, 0.717) is 13.0 Å². The third-order valence-corrected chi connectivity index (χ3v) is 4.36. The van der Waals surface area contributed by atoms with E-state index in [1.165, 1.54) is 0 Å². The van der Waals surface area contributed by atoms with Crippen molar-refractivity contribution in [3.05, 3.63) is 0 Å². The molecule has 2 amide bonds. The smallest absolute Gasteiger partial charge is 0.394 e. The molecule has 0 aromatic rings. The maximum Gasteiger partial charge on any atom is 0.394 e. The highest BCUT2D eigenvalue weighted by molar-refractivity contribution is 5.78. The minimum atomic E-state index is -4.65. The van der Waals surface area contributed by atoms with E-state index in [1.807, 2.05) is 0 Å². The number of hydrogen-bond donors (Lipinski definition) is 2. The zero-order chi connectivity index (χ0) is 16.7. The molecule has 2 heterocycles. The molecule has 0 aromatic heterocycles. The van der Waals surface area contributed by atoms with Crippen LogP contribution in [0.5, 0.6) is 0 Å². The number of ether oxygens (including phenoxy) is 1. The summed E-state index contributed by atoms with van der Waals surface area (Å²) in [5, 5.41) is 11.6. The van der Waals surface area contributed by atoms with Crippen molar-refractivity contribution >= 4 is 12.0 Å². The predicted octanol–water partition coefficient (Wildman–Crippen LogP) is 1.46. The summed E-state index contributed by atoms with van der Waals surface area (Å²) in [6, 6.07) is -0.991. The Morgan fingerprint density at radius 1 is 1.32 bits per heavy atom. The number of nitrogens with one attached hydrogen (secondary N) is 1. The van der Waals surface area contributed by atoms with Gasteiger partial charge in [0.15, 0.2) is 0 Å². The van der Waals surface area contributed by atoms with Crippen LogP contribution in [0.25, 0.3) is 0 Å². The summed E-state index contributed by atoms with van der Waals surface area (Å²) in [7, 11) is 0. The molecule has 0 bridgehead atoms. The zero-order valence-electron chi connectivity index (χ0n) is 12.3. The largest absolute Gasteiger partial charge is 0.481 e. The van der Waals surface area contributed by atoms with E-state index in [2.05, 4.69) is 5.32 Å². The normalized spacial score (nSPS) is 31.3. The number of hydrogen-bond acceptors (Lipinski definition) is 3. The van der Waals surface area contributed by atoms with Crippen LogP contribution in [-0.4, -0.2) is 59.5 Å². The Morgan fingerprint density at radius 2 is 1.95 bits per heavy atom. The van der Waals surface area contributed by atoms with Gasteiger partial charge in [-0.3, -0.25) is 4.79 Å². The summed E-state index contributed by atoms with van der Waals surface area (Å²) in [6.07, 6.45) is -4.08. The number of likely N-dealkylation sites (tertiary alicyclic amines) is 1. The van der Waals surface area contributed by atoms with Crippen LogP contribution in [0.15, 0.2) is 0 Å². The fourth-order valence-electron chi connectivity index (χ4n) is 2.93. The standard InChI is InChI=1S/C13H19F3N2O4/c1-12(2)9(3-4-22-12)17-11(21)18-5-7(10(19)20)8(6-18)13(14,15)16/h7-9H,3-6H2,1-2H3,(H,17,21)(H,19,20)/t7-,8-,9?/m1/s1. The number of aliphatic carboxylic acids is 1. The Bertz CT molecular complexity index is 467. The molecule has 2 fully saturated rings. The number of carboxylic acids is 1. The Labute approximate surface area is 125 Å². The molecule has 0 saturated carbocycles. The molecule has 0 aliphatic carbocycles. The van der Waals surface area contributed by atoms with Crippen LogP contribution < -0.4 is 5.32 Å². The first kappa shape index (κ1) is 16.9. The van der Waals surface area contributed by atoms with Gasteiger partial charge < -0.3 is 20.1 Å². The fourth-order valence-corrected chi connectivity index (χ4v) is 2.93. The second-order valence-corrected chi connectivity index (χ2v) is 6.24. The monoisotopic (exact) mass is 324 g/mol. The first-order valence-electron chi connectivity index (χ1n) is 7.01. The number of carboxylic acid groups (broad SMARTS) is 1. The van der Waals surface area contributed by atoms with Gasteiger partial charge in [0.1, 0.15) is 0 Å². The molecular weight excluding hydrogens is 305 g/mol. The van der Waals surface area contributed by atoms with Crippen LogP contribution in [-0.2, 0) is 9.53 Å². The Morgan fingerprint density at radius 3 is 2.36 bits per heavy atom. The molecule has 0 radical (unpaired) electrons. The van der Waals surface area contributed by atoms with Gasteiger partial charge in [-0.25, -0.2) is 4.79 Å². The molecule has 22 heavy (non-hydrogen) atoms. The van der Waals surface area contributed by atoms with Crippen molar-refractivity contribution in [2.45, 2.75) is 38.1 Å². The molecule has 1 unspecified atom stereocenters. The molecule has 2 aliphatic heterocycles. The minimum Gasteiger partial charge on any atom is -0.481 e. The molecule has 3 atom stereocenters. The molecule has 2 saturated heterocycles. The van der Waals surface area contributed by atoms with Crippen LogP contribution in [0.4, 0.5) is 18.0 Å². The summed E-state index contributed by atoms with van der Waals surface area (Å²) >= 11 is 0. The van der Waals surface area contributed by atoms with Gasteiger partial charge >= 0.3 is 18.2 Å². The van der Waals surface area contributed by atoms with Gasteiger partial charge in [0.05, 0.1) is 23.5 Å². The van der Waals surface area contributed by atoms with Crippen LogP contribution in [0.3, 0.4) is 0 Å². The zero-order valence-corrected chi connectivity index (χ0v) is 12.3. The van der Waals surface area contributed by atoms with E-state index < -0.39 is 48.7 Å². The topological polar surface area (TPSA) is 78.9 Å². The van der Waals surface area contributed by atoms with E-state index >= 15 is 0 Å². The number of carbonyl (C=O) groups is 2. The first-order valence-corrected chi connectivity index (χ1v) is 7.01. The van der Waals surface area contributed by atoms with Gasteiger partial charge in [0, 0.05) is 19.7 Å². The van der Waals surface area contributed by atoms with E-state index in [-0.39, 0.29) is 6.04 Å². The van der Waals surface area contributed by atoms with E-state index in [1.54, 1.807) is 13.8 Å². The molecule has 2 N–H and O–H groups in total. The third kappa shape index (κ3) is 3.29. The minimum absolute atomic E-state index is 0.312. The Kier molecular flexibility index (Phi) is 4.29. The highest BCUT2D eigenvalue weighted by Crippen LogP contribution is 2.38. The third-order valence-electron chi connectivity index (χ3n) is 4.36. The molecule has 2 aliphatic rings. The van der Waals surface area contributed by atoms with E-state index in [4.69, 9.17) is 9.84 Å². The highest BCUT2D eigenvalue weighted by atomic mass is 19.4. The van der Waals surface area contributed by atoms with Gasteiger partial charge in [0.2, 0.25) is 0 Å². The fraction of sp³-hybridized carbons (Fsp3) is 0.846. The van der Waals surface area contributed by atoms with E-state index in [9.17, 15) is 22.8 Å². The van der Waals surface area contributed by atoms with Crippen molar-refractivity contribution in [1.82, 2.24) is 10.2 Å². The maximum absolute atomic E-state index is 12.9. The van der Waals surface area contributed by atoms with Crippen LogP contribution in [0.2, 0.25) is 0 Å². The number of amides is 2. The van der Waals surface area contributed by atoms with Crippen molar-refractivity contribution < 1.29 is 32.6 Å². The second kappa shape index (κ2) is 5.60. The summed E-state index contributed by atoms with van der Waals surface area (Å²) < 4.78 is 44.1. The SMILES string of the molecule is CC1(C)OCCC1NC(=O)N1C[C@@H](C(F)(F)F)[C@H](C(=O)O)C1. The van der Waals surface area contributed by atoms with Crippen molar-refractivity contribution in [3.8, 4) is 0 Å². The lowest BCUT2D eigenvalue weighted by atomic mass is 9.96. The average Bonchev–Trinajstić information content (AvgIpc) is 2.93. The number of carbonyl (C=O) groups excluding carboxylic acids is 1. The molecule has 0 spiro atoms. The van der Waals surface area contributed by atoms with Gasteiger partial charge in [-0.2, -0.15) is 13.2 Å². The molecule has 126 valence electrons. The quantitative estimate of drug-likeness (QED) is 0.806. The number of nitrogens with zero attached hydrogens (tertiary/aromatic N) is 1. The Hall–Kier alpha value is -1.51. The number of urea groups is 1. The second-order valence-electron chi connectivity index (χ2n) is 6.24. The molecule has 6 nitrogen and oxygen atoms in total. The lowest BCUT2D eigenvalue weighted by Gasteiger charge is -2.28. The highest BCUT2D eigenvalue weighted by Gasteiger charge is 2.54. The van der Waals surface area contributed by atoms with Crippen molar-refractivity contribution in [1.29, 1.82) is 0 Å². The lowest BCUT2D eigenvalue weighted by Crippen LogP contribution is -2.50. The van der Waals surface area contributed by atoms with Crippen LogP contribution in [0.1, 0.15) is 20.3 Å². The summed E-state index contributed by atoms with van der Waals surface area (Å²) in [5.74, 6) is -5.20. The van der Waals surface area contributed by atoms with Crippen LogP contribution >= 0.6 is 0 Å². The number of rotatable bonds is 2. The molecule has 9 heteroatoms. The first-order chi connectivity index (χ1) is 10.0. The van der Waals surface area contributed by atoms with Crippen LogP contribution in [0, 0.1) is 11.8 Å². The molecule has 0 aromatic carbocycles. The summed E-state index contributed by atoms with van der Waals surface area (Å²) in [4.78, 5) is 24.0. The lowest BCUT2D eigenvalue weighted by molar-refractivity contribution is -0.187. The van der Waals surface area contributed by atoms with Crippen molar-refractivity contribution in [2.24, 2.45) is 11.8 Å². The van der Waals surface area contributed by atoms with Gasteiger partial charge in [0.25, 0.3) is 0 Å². The van der Waals surface area contributed by atoms with E-state index in [0.717, 1.165) is 4.90 Å². The number of alkyl halides is 3. The summed E-state index contributed by atoms with van der Waals surface area (Å²) in [6.45, 7) is 2.95. The van der Waals surface area contributed by atoms with Gasteiger partial charge in [-0.05, 0) is 20.3 Å². The Balaban J connectivity index is 2.04. The van der Waals surface area contributed by atoms with Crippen molar-refractivity contribution in [2.75, 3.05) is 19.7 Å². The maximum atomic E-state index is 12.9.